The summed E-state index contributed by atoms with van der Waals surface area (Å²) in [5.74, 6) is -1.88. The SMILES string of the molecule is COC(=O)C[C@H](NC(=O)CCC(=O)O)c1cc(C)ccc1C. The zero-order chi connectivity index (χ0) is 16.7. The maximum absolute atomic E-state index is 11.9. The number of aryl methyl sites for hydroxylation is 2. The van der Waals surface area contributed by atoms with Crippen LogP contribution in [0, 0.1) is 13.8 Å². The van der Waals surface area contributed by atoms with Gasteiger partial charge < -0.3 is 15.2 Å². The lowest BCUT2D eigenvalue weighted by Gasteiger charge is -2.20. The van der Waals surface area contributed by atoms with Gasteiger partial charge in [-0.25, -0.2) is 0 Å². The molecule has 1 aromatic rings. The van der Waals surface area contributed by atoms with Crippen molar-refractivity contribution in [2.24, 2.45) is 0 Å². The highest BCUT2D eigenvalue weighted by atomic mass is 16.5. The van der Waals surface area contributed by atoms with Crippen molar-refractivity contribution in [1.29, 1.82) is 0 Å². The third-order valence-corrected chi connectivity index (χ3v) is 3.31. The first-order chi connectivity index (χ1) is 10.3. The molecule has 0 aliphatic carbocycles. The van der Waals surface area contributed by atoms with E-state index in [0.29, 0.717) is 0 Å². The maximum atomic E-state index is 11.9. The summed E-state index contributed by atoms with van der Waals surface area (Å²) in [6, 6.07) is 5.23. The van der Waals surface area contributed by atoms with E-state index in [0.717, 1.165) is 16.7 Å². The van der Waals surface area contributed by atoms with Gasteiger partial charge >= 0.3 is 11.9 Å². The van der Waals surface area contributed by atoms with Crippen molar-refractivity contribution >= 4 is 17.8 Å². The summed E-state index contributed by atoms with van der Waals surface area (Å²) in [4.78, 5) is 34.0. The highest BCUT2D eigenvalue weighted by Gasteiger charge is 2.21. The van der Waals surface area contributed by atoms with Crippen LogP contribution in [0.3, 0.4) is 0 Å². The van der Waals surface area contributed by atoms with E-state index in [1.807, 2.05) is 32.0 Å². The Morgan fingerprint density at radius 3 is 2.50 bits per heavy atom. The maximum Gasteiger partial charge on any atom is 0.307 e. The number of carboxylic acids is 1. The van der Waals surface area contributed by atoms with Crippen molar-refractivity contribution in [2.75, 3.05) is 7.11 Å². The summed E-state index contributed by atoms with van der Waals surface area (Å²) in [6.07, 6.45) is -0.374. The standard InChI is InChI=1S/C16H21NO5/c1-10-4-5-11(2)12(8-10)13(9-16(21)22-3)17-14(18)6-7-15(19)20/h4-5,8,13H,6-7,9H2,1-3H3,(H,17,18)(H,19,20)/t13-/m0/s1. The molecule has 2 N–H and O–H groups in total. The summed E-state index contributed by atoms with van der Waals surface area (Å²) in [5, 5.41) is 11.3. The fraction of sp³-hybridized carbons (Fsp3) is 0.438. The molecule has 0 aliphatic rings. The summed E-state index contributed by atoms with van der Waals surface area (Å²) < 4.78 is 4.67. The molecule has 0 spiro atoms. The van der Waals surface area contributed by atoms with Crippen LogP contribution in [0.1, 0.15) is 42.0 Å². The minimum atomic E-state index is -1.04. The number of methoxy groups -OCH3 is 1. The van der Waals surface area contributed by atoms with E-state index in [4.69, 9.17) is 5.11 Å². The van der Waals surface area contributed by atoms with Gasteiger partial charge in [-0.15, -0.1) is 0 Å². The number of carboxylic acid groups (broad SMARTS) is 1. The average molecular weight is 307 g/mol. The molecule has 0 saturated carbocycles. The van der Waals surface area contributed by atoms with Gasteiger partial charge in [-0.05, 0) is 25.0 Å². The Bertz CT molecular complexity index is 568. The largest absolute Gasteiger partial charge is 0.481 e. The van der Waals surface area contributed by atoms with Gasteiger partial charge in [0, 0.05) is 6.42 Å². The summed E-state index contributed by atoms with van der Waals surface area (Å²) in [6.45, 7) is 3.81. The Morgan fingerprint density at radius 2 is 1.91 bits per heavy atom. The van der Waals surface area contributed by atoms with Gasteiger partial charge in [0.1, 0.15) is 0 Å². The van der Waals surface area contributed by atoms with Crippen LogP contribution in [0.4, 0.5) is 0 Å². The molecule has 1 aromatic carbocycles. The van der Waals surface area contributed by atoms with Crippen molar-refractivity contribution < 1.29 is 24.2 Å². The second-order valence-electron chi connectivity index (χ2n) is 5.15. The van der Waals surface area contributed by atoms with Gasteiger partial charge in [-0.3, -0.25) is 14.4 Å². The van der Waals surface area contributed by atoms with Gasteiger partial charge in [0.05, 0.1) is 26.0 Å². The van der Waals surface area contributed by atoms with Gasteiger partial charge in [-0.2, -0.15) is 0 Å². The Hall–Kier alpha value is -2.37. The number of carbonyl (C=O) groups is 3. The molecule has 22 heavy (non-hydrogen) atoms. The average Bonchev–Trinajstić information content (AvgIpc) is 2.46. The van der Waals surface area contributed by atoms with Crippen LogP contribution in [0.25, 0.3) is 0 Å². The smallest absolute Gasteiger partial charge is 0.307 e. The molecule has 0 unspecified atom stereocenters. The zero-order valence-corrected chi connectivity index (χ0v) is 13.0. The fourth-order valence-corrected chi connectivity index (χ4v) is 2.11. The highest BCUT2D eigenvalue weighted by molar-refractivity contribution is 5.81. The van der Waals surface area contributed by atoms with E-state index in [-0.39, 0.29) is 19.3 Å². The number of hydrogen-bond acceptors (Lipinski definition) is 4. The predicted molar refractivity (Wildman–Crippen MR) is 80.3 cm³/mol. The molecule has 1 atom stereocenters. The number of amides is 1. The first-order valence-electron chi connectivity index (χ1n) is 6.98. The van der Waals surface area contributed by atoms with E-state index in [2.05, 4.69) is 10.1 Å². The third-order valence-electron chi connectivity index (χ3n) is 3.31. The Balaban J connectivity index is 2.92. The predicted octanol–water partition coefficient (Wildman–Crippen LogP) is 1.89. The van der Waals surface area contributed by atoms with Crippen molar-refractivity contribution in [2.45, 2.75) is 39.2 Å². The van der Waals surface area contributed by atoms with E-state index in [1.54, 1.807) is 0 Å². The molecule has 1 rings (SSSR count). The quantitative estimate of drug-likeness (QED) is 0.750. The summed E-state index contributed by atoms with van der Waals surface area (Å²) in [5.41, 5.74) is 2.78. The van der Waals surface area contributed by atoms with Crippen LogP contribution in [-0.2, 0) is 19.1 Å². The molecule has 1 amide bonds. The van der Waals surface area contributed by atoms with Crippen LogP contribution in [-0.4, -0.2) is 30.1 Å². The molecule has 120 valence electrons. The van der Waals surface area contributed by atoms with E-state index in [9.17, 15) is 14.4 Å². The Kier molecular flexibility index (Phi) is 6.56. The van der Waals surface area contributed by atoms with Crippen molar-refractivity contribution in [3.05, 3.63) is 34.9 Å². The molecular weight excluding hydrogens is 286 g/mol. The molecule has 0 saturated heterocycles. The van der Waals surface area contributed by atoms with Crippen molar-refractivity contribution in [1.82, 2.24) is 5.32 Å². The topological polar surface area (TPSA) is 92.7 Å². The highest BCUT2D eigenvalue weighted by Crippen LogP contribution is 2.23. The number of carbonyl (C=O) groups excluding carboxylic acids is 2. The Morgan fingerprint density at radius 1 is 1.23 bits per heavy atom. The van der Waals surface area contributed by atoms with Crippen LogP contribution < -0.4 is 5.32 Å². The number of ether oxygens (including phenoxy) is 1. The Labute approximate surface area is 129 Å². The van der Waals surface area contributed by atoms with E-state index in [1.165, 1.54) is 7.11 Å². The monoisotopic (exact) mass is 307 g/mol. The van der Waals surface area contributed by atoms with Crippen LogP contribution >= 0.6 is 0 Å². The summed E-state index contributed by atoms with van der Waals surface area (Å²) >= 11 is 0. The molecule has 6 heteroatoms. The molecular formula is C16H21NO5. The second kappa shape index (κ2) is 8.17. The van der Waals surface area contributed by atoms with Gasteiger partial charge in [0.2, 0.25) is 5.91 Å². The van der Waals surface area contributed by atoms with Crippen LogP contribution in [0.2, 0.25) is 0 Å². The van der Waals surface area contributed by atoms with Gasteiger partial charge in [-0.1, -0.05) is 23.8 Å². The third kappa shape index (κ3) is 5.55. The number of rotatable bonds is 7. The molecule has 0 aliphatic heterocycles. The number of aliphatic carboxylic acids is 1. The first kappa shape index (κ1) is 17.7. The second-order valence-corrected chi connectivity index (χ2v) is 5.15. The lowest BCUT2D eigenvalue weighted by Crippen LogP contribution is -2.31. The molecule has 0 fully saturated rings. The molecule has 0 aromatic heterocycles. The fourth-order valence-electron chi connectivity index (χ4n) is 2.11. The first-order valence-corrected chi connectivity index (χ1v) is 6.98. The molecule has 6 nitrogen and oxygen atoms in total. The van der Waals surface area contributed by atoms with Crippen molar-refractivity contribution in [3.63, 3.8) is 0 Å². The minimum absolute atomic E-state index is 0.000392. The number of nitrogens with one attached hydrogen (secondary N) is 1. The molecule has 0 heterocycles. The normalized spacial score (nSPS) is 11.6. The number of hydrogen-bond donors (Lipinski definition) is 2. The lowest BCUT2D eigenvalue weighted by molar-refractivity contribution is -0.142. The van der Waals surface area contributed by atoms with E-state index >= 15 is 0 Å². The lowest BCUT2D eigenvalue weighted by atomic mass is 9.96. The van der Waals surface area contributed by atoms with Gasteiger partial charge in [0.25, 0.3) is 0 Å². The number of benzene rings is 1. The van der Waals surface area contributed by atoms with Crippen LogP contribution in [0.15, 0.2) is 18.2 Å². The molecule has 0 radical (unpaired) electrons. The summed E-state index contributed by atoms with van der Waals surface area (Å²) in [7, 11) is 1.29. The zero-order valence-electron chi connectivity index (χ0n) is 13.0. The van der Waals surface area contributed by atoms with Gasteiger partial charge in [0.15, 0.2) is 0 Å². The van der Waals surface area contributed by atoms with E-state index < -0.39 is 23.9 Å². The minimum Gasteiger partial charge on any atom is -0.481 e. The molecule has 0 bridgehead atoms. The van der Waals surface area contributed by atoms with Crippen molar-refractivity contribution in [3.8, 4) is 0 Å². The number of esters is 1. The van der Waals surface area contributed by atoms with Crippen LogP contribution in [0.5, 0.6) is 0 Å².